The van der Waals surface area contributed by atoms with Crippen LogP contribution in [0.5, 0.6) is 0 Å². The van der Waals surface area contributed by atoms with Gasteiger partial charge in [0.05, 0.1) is 11.3 Å². The van der Waals surface area contributed by atoms with Gasteiger partial charge in [-0.1, -0.05) is 41.9 Å². The van der Waals surface area contributed by atoms with Gasteiger partial charge in [0.25, 0.3) is 0 Å². The average molecular weight is 364 g/mol. The molecule has 2 rings (SSSR count). The van der Waals surface area contributed by atoms with Gasteiger partial charge in [0.15, 0.2) is 0 Å². The van der Waals surface area contributed by atoms with Crippen molar-refractivity contribution in [2.75, 3.05) is 0 Å². The van der Waals surface area contributed by atoms with E-state index in [0.717, 1.165) is 12.1 Å². The topological polar surface area (TPSA) is 46.2 Å². The van der Waals surface area contributed by atoms with E-state index in [1.54, 1.807) is 18.2 Å². The molecule has 2 aromatic carbocycles. The molecule has 0 aromatic heterocycles. The van der Waals surface area contributed by atoms with Crippen molar-refractivity contribution in [1.82, 2.24) is 4.72 Å². The Kier molecular flexibility index (Phi) is 5.33. The largest absolute Gasteiger partial charge is 0.416 e. The number of rotatable bonds is 5. The number of alkyl halides is 3. The van der Waals surface area contributed by atoms with Gasteiger partial charge in [-0.25, -0.2) is 13.1 Å². The van der Waals surface area contributed by atoms with Crippen LogP contribution in [0.15, 0.2) is 48.5 Å². The van der Waals surface area contributed by atoms with Crippen LogP contribution in [0.25, 0.3) is 0 Å². The summed E-state index contributed by atoms with van der Waals surface area (Å²) in [6, 6.07) is 10.9. The van der Waals surface area contributed by atoms with Crippen molar-refractivity contribution in [3.05, 3.63) is 70.2 Å². The number of hydrogen-bond donors (Lipinski definition) is 1. The Morgan fingerprint density at radius 1 is 1.00 bits per heavy atom. The molecule has 8 heteroatoms. The number of nitrogens with one attached hydrogen (secondary N) is 1. The van der Waals surface area contributed by atoms with Crippen molar-refractivity contribution in [3.8, 4) is 0 Å². The first kappa shape index (κ1) is 17.8. The fourth-order valence-electron chi connectivity index (χ4n) is 1.95. The second-order valence-corrected chi connectivity index (χ2v) is 7.15. The van der Waals surface area contributed by atoms with E-state index in [0.29, 0.717) is 10.6 Å². The number of sulfonamides is 1. The Balaban J connectivity index is 2.05. The molecule has 0 fully saturated rings. The number of hydrogen-bond acceptors (Lipinski definition) is 2. The van der Waals surface area contributed by atoms with E-state index in [1.807, 2.05) is 0 Å². The minimum Gasteiger partial charge on any atom is -0.212 e. The summed E-state index contributed by atoms with van der Waals surface area (Å²) in [5, 5.41) is 0.413. The Labute approximate surface area is 137 Å². The lowest BCUT2D eigenvalue weighted by Gasteiger charge is -2.10. The van der Waals surface area contributed by atoms with Gasteiger partial charge in [-0.2, -0.15) is 13.2 Å². The smallest absolute Gasteiger partial charge is 0.212 e. The molecule has 0 saturated carbocycles. The summed E-state index contributed by atoms with van der Waals surface area (Å²) in [5.74, 6) is -0.299. The molecule has 1 N–H and O–H groups in total. The highest BCUT2D eigenvalue weighted by molar-refractivity contribution is 7.88. The van der Waals surface area contributed by atoms with E-state index >= 15 is 0 Å². The summed E-state index contributed by atoms with van der Waals surface area (Å²) >= 11 is 5.79. The lowest BCUT2D eigenvalue weighted by Crippen LogP contribution is -2.24. The fourth-order valence-corrected chi connectivity index (χ4v) is 3.27. The molecule has 3 nitrogen and oxygen atoms in total. The predicted octanol–water partition coefficient (Wildman–Crippen LogP) is 3.98. The summed E-state index contributed by atoms with van der Waals surface area (Å²) in [4.78, 5) is 0. The molecule has 2 aromatic rings. The first-order valence-corrected chi connectivity index (χ1v) is 8.57. The van der Waals surface area contributed by atoms with Crippen molar-refractivity contribution in [1.29, 1.82) is 0 Å². The molecule has 0 unspecified atom stereocenters. The van der Waals surface area contributed by atoms with Crippen LogP contribution in [0.1, 0.15) is 16.7 Å². The summed E-state index contributed by atoms with van der Waals surface area (Å²) in [6.45, 7) is -0.215. The molecule has 0 bridgehead atoms. The molecule has 0 amide bonds. The molecule has 0 radical (unpaired) electrons. The third-order valence-electron chi connectivity index (χ3n) is 3.00. The van der Waals surface area contributed by atoms with E-state index in [4.69, 9.17) is 11.6 Å². The van der Waals surface area contributed by atoms with Crippen LogP contribution >= 0.6 is 11.6 Å². The van der Waals surface area contributed by atoms with Gasteiger partial charge in [-0.15, -0.1) is 0 Å². The molecule has 0 atom stereocenters. The van der Waals surface area contributed by atoms with E-state index in [-0.39, 0.29) is 17.9 Å². The zero-order valence-corrected chi connectivity index (χ0v) is 13.3. The molecule has 0 aliphatic rings. The van der Waals surface area contributed by atoms with Crippen LogP contribution in [-0.4, -0.2) is 8.42 Å². The highest BCUT2D eigenvalue weighted by atomic mass is 35.5. The Morgan fingerprint density at radius 2 is 1.65 bits per heavy atom. The SMILES string of the molecule is O=S(=O)(Cc1cccc(Cl)c1)NCc1cccc(C(F)(F)F)c1. The molecule has 124 valence electrons. The van der Waals surface area contributed by atoms with Gasteiger partial charge in [0, 0.05) is 11.6 Å². The summed E-state index contributed by atoms with van der Waals surface area (Å²) < 4.78 is 64.1. The Morgan fingerprint density at radius 3 is 2.30 bits per heavy atom. The first-order chi connectivity index (χ1) is 10.7. The van der Waals surface area contributed by atoms with Crippen LogP contribution in [0.2, 0.25) is 5.02 Å². The summed E-state index contributed by atoms with van der Waals surface area (Å²) in [6.07, 6.45) is -4.46. The van der Waals surface area contributed by atoms with E-state index in [9.17, 15) is 21.6 Å². The summed E-state index contributed by atoms with van der Waals surface area (Å²) in [5.41, 5.74) is -0.0902. The second kappa shape index (κ2) is 6.90. The standard InChI is InChI=1S/C15H13ClF3NO2S/c16-14-6-2-4-12(8-14)10-23(21,22)20-9-11-3-1-5-13(7-11)15(17,18)19/h1-8,20H,9-10H2. The Bertz CT molecular complexity index is 791. The maximum absolute atomic E-state index is 12.6. The van der Waals surface area contributed by atoms with Crippen LogP contribution < -0.4 is 4.72 Å². The van der Waals surface area contributed by atoms with Gasteiger partial charge in [-0.05, 0) is 29.3 Å². The van der Waals surface area contributed by atoms with E-state index < -0.39 is 21.8 Å². The zero-order valence-electron chi connectivity index (χ0n) is 11.8. The van der Waals surface area contributed by atoms with E-state index in [1.165, 1.54) is 18.2 Å². The summed E-state index contributed by atoms with van der Waals surface area (Å²) in [7, 11) is -3.69. The fraction of sp³-hybridized carbons (Fsp3) is 0.200. The molecule has 0 heterocycles. The maximum atomic E-state index is 12.6. The van der Waals surface area contributed by atoms with Gasteiger partial charge >= 0.3 is 6.18 Å². The Hall–Kier alpha value is -1.57. The van der Waals surface area contributed by atoms with E-state index in [2.05, 4.69) is 4.72 Å². The number of benzene rings is 2. The van der Waals surface area contributed by atoms with Crippen molar-refractivity contribution in [3.63, 3.8) is 0 Å². The van der Waals surface area contributed by atoms with Crippen molar-refractivity contribution in [2.24, 2.45) is 0 Å². The quantitative estimate of drug-likeness (QED) is 0.873. The van der Waals surface area contributed by atoms with Crippen molar-refractivity contribution >= 4 is 21.6 Å². The lowest BCUT2D eigenvalue weighted by molar-refractivity contribution is -0.137. The lowest BCUT2D eigenvalue weighted by atomic mass is 10.1. The molecule has 23 heavy (non-hydrogen) atoms. The average Bonchev–Trinajstić information content (AvgIpc) is 2.44. The maximum Gasteiger partial charge on any atom is 0.416 e. The highest BCUT2D eigenvalue weighted by Gasteiger charge is 2.30. The molecular weight excluding hydrogens is 351 g/mol. The third kappa shape index (κ3) is 5.53. The molecule has 0 spiro atoms. The van der Waals surface area contributed by atoms with Crippen LogP contribution in [-0.2, 0) is 28.5 Å². The van der Waals surface area contributed by atoms with Gasteiger partial charge in [-0.3, -0.25) is 0 Å². The van der Waals surface area contributed by atoms with Gasteiger partial charge in [0.1, 0.15) is 0 Å². The first-order valence-electron chi connectivity index (χ1n) is 6.54. The van der Waals surface area contributed by atoms with Crippen LogP contribution in [0, 0.1) is 0 Å². The monoisotopic (exact) mass is 363 g/mol. The molecular formula is C15H13ClF3NO2S. The predicted molar refractivity (Wildman–Crippen MR) is 82.4 cm³/mol. The van der Waals surface area contributed by atoms with Crippen molar-refractivity contribution < 1.29 is 21.6 Å². The molecule has 0 aliphatic carbocycles. The zero-order chi connectivity index (χ0) is 17.1. The number of halogens is 4. The van der Waals surface area contributed by atoms with Gasteiger partial charge in [0.2, 0.25) is 10.0 Å². The van der Waals surface area contributed by atoms with Crippen molar-refractivity contribution in [2.45, 2.75) is 18.5 Å². The normalized spacial score (nSPS) is 12.3. The highest BCUT2D eigenvalue weighted by Crippen LogP contribution is 2.29. The molecule has 0 aliphatic heterocycles. The van der Waals surface area contributed by atoms with Gasteiger partial charge < -0.3 is 0 Å². The minimum atomic E-state index is -4.46. The van der Waals surface area contributed by atoms with Crippen LogP contribution in [0.4, 0.5) is 13.2 Å². The van der Waals surface area contributed by atoms with Crippen LogP contribution in [0.3, 0.4) is 0 Å². The third-order valence-corrected chi connectivity index (χ3v) is 4.53. The minimum absolute atomic E-state index is 0.215. The second-order valence-electron chi connectivity index (χ2n) is 4.91. The molecule has 0 saturated heterocycles.